The Morgan fingerprint density at radius 3 is 2.50 bits per heavy atom. The number of carbonyl (C=O) groups excluding carboxylic acids is 1. The van der Waals surface area contributed by atoms with E-state index in [0.717, 1.165) is 0 Å². The van der Waals surface area contributed by atoms with Crippen LogP contribution in [0.2, 0.25) is 5.02 Å². The van der Waals surface area contributed by atoms with Gasteiger partial charge in [0, 0.05) is 13.2 Å². The zero-order valence-corrected chi connectivity index (χ0v) is 9.95. The number of halogens is 1. The van der Waals surface area contributed by atoms with Crippen LogP contribution in [0.25, 0.3) is 0 Å². The highest BCUT2D eigenvalue weighted by Crippen LogP contribution is 2.13. The Morgan fingerprint density at radius 1 is 1.56 bits per heavy atom. The highest BCUT2D eigenvalue weighted by atomic mass is 35.5. The van der Waals surface area contributed by atoms with Gasteiger partial charge in [-0.2, -0.15) is 0 Å². The van der Waals surface area contributed by atoms with Crippen LogP contribution in [0.4, 0.5) is 0 Å². The molecule has 0 aliphatic rings. The van der Waals surface area contributed by atoms with Gasteiger partial charge in [-0.25, -0.2) is 0 Å². The third kappa shape index (κ3) is 2.75. The summed E-state index contributed by atoms with van der Waals surface area (Å²) in [6, 6.07) is 1.52. The second-order valence-corrected chi connectivity index (χ2v) is 4.42. The highest BCUT2D eigenvalue weighted by Gasteiger charge is 2.26. The van der Waals surface area contributed by atoms with Crippen LogP contribution in [0.5, 0.6) is 0 Å². The molecule has 90 valence electrons. The molecule has 0 aliphatic carbocycles. The van der Waals surface area contributed by atoms with Crippen molar-refractivity contribution in [1.82, 2.24) is 9.88 Å². The second kappa shape index (κ2) is 4.86. The van der Waals surface area contributed by atoms with E-state index in [1.807, 2.05) is 0 Å². The van der Waals surface area contributed by atoms with E-state index < -0.39 is 5.54 Å². The molecule has 0 aliphatic heterocycles. The lowest BCUT2D eigenvalue weighted by molar-refractivity contribution is 0.0717. The maximum Gasteiger partial charge on any atom is 0.268 e. The van der Waals surface area contributed by atoms with E-state index >= 15 is 0 Å². The normalized spacial score (nSPS) is 11.6. The quantitative estimate of drug-likeness (QED) is 0.708. The van der Waals surface area contributed by atoms with Crippen molar-refractivity contribution in [3.63, 3.8) is 0 Å². The van der Waals surface area contributed by atoms with Crippen molar-refractivity contribution in [2.45, 2.75) is 12.5 Å². The second-order valence-electron chi connectivity index (χ2n) is 3.99. The van der Waals surface area contributed by atoms with Crippen molar-refractivity contribution in [3.8, 4) is 0 Å². The molecule has 1 rings (SSSR count). The zero-order chi connectivity index (χ0) is 12.3. The lowest BCUT2D eigenvalue weighted by Crippen LogP contribution is -2.52. The molecule has 0 bridgehead atoms. The molecule has 0 saturated carbocycles. The van der Waals surface area contributed by atoms with E-state index in [9.17, 15) is 4.79 Å². The Kier molecular flexibility index (Phi) is 3.96. The Bertz CT molecular complexity index is 385. The molecule has 5 nitrogen and oxygen atoms in total. The van der Waals surface area contributed by atoms with Gasteiger partial charge in [0.1, 0.15) is 5.69 Å². The topological polar surface area (TPSA) is 74.5 Å². The van der Waals surface area contributed by atoms with Gasteiger partial charge < -0.3 is 20.1 Å². The van der Waals surface area contributed by atoms with E-state index in [4.69, 9.17) is 21.8 Å². The lowest BCUT2D eigenvalue weighted by atomic mass is 10.1. The number of aryl methyl sites for hydroxylation is 1. The predicted octanol–water partition coefficient (Wildman–Crippen LogP) is 0.152. The van der Waals surface area contributed by atoms with Gasteiger partial charge in [-0.1, -0.05) is 11.6 Å². The van der Waals surface area contributed by atoms with Gasteiger partial charge in [0.25, 0.3) is 5.91 Å². The van der Waals surface area contributed by atoms with Crippen LogP contribution in [0, 0.1) is 0 Å². The molecule has 6 heteroatoms. The van der Waals surface area contributed by atoms with Gasteiger partial charge in [-0.15, -0.1) is 0 Å². The van der Waals surface area contributed by atoms with Crippen LogP contribution in [0.15, 0.2) is 12.3 Å². The molecular formula is C10H15ClN2O3. The van der Waals surface area contributed by atoms with Crippen LogP contribution >= 0.6 is 11.6 Å². The molecular weight excluding hydrogens is 232 g/mol. The number of carbonyl (C=O) groups is 1. The summed E-state index contributed by atoms with van der Waals surface area (Å²) in [4.78, 5) is 11.8. The summed E-state index contributed by atoms with van der Waals surface area (Å²) in [6.45, 7) is 0.871. The van der Waals surface area contributed by atoms with Crippen molar-refractivity contribution < 1.29 is 15.0 Å². The number of amides is 1. The van der Waals surface area contributed by atoms with E-state index in [0.29, 0.717) is 10.7 Å². The molecule has 1 aromatic rings. The summed E-state index contributed by atoms with van der Waals surface area (Å²) < 4.78 is 1.58. The number of aromatic nitrogens is 1. The van der Waals surface area contributed by atoms with Crippen molar-refractivity contribution in [2.75, 3.05) is 13.2 Å². The summed E-state index contributed by atoms with van der Waals surface area (Å²) in [6.07, 6.45) is 1.60. The molecule has 0 unspecified atom stereocenters. The van der Waals surface area contributed by atoms with Gasteiger partial charge in [0.05, 0.1) is 23.8 Å². The maximum atomic E-state index is 11.8. The largest absolute Gasteiger partial charge is 0.394 e. The van der Waals surface area contributed by atoms with Gasteiger partial charge in [0.2, 0.25) is 0 Å². The van der Waals surface area contributed by atoms with Crippen molar-refractivity contribution >= 4 is 17.5 Å². The standard InChI is InChI=1S/C10H15ClN2O3/c1-10(5-14,6-15)12-9(16)8-3-7(11)4-13(8)2/h3-4,14-15H,5-6H2,1-2H3,(H,12,16). The van der Waals surface area contributed by atoms with Crippen LogP contribution in [0.1, 0.15) is 17.4 Å². The fourth-order valence-electron chi connectivity index (χ4n) is 1.22. The first-order valence-electron chi connectivity index (χ1n) is 4.78. The lowest BCUT2D eigenvalue weighted by Gasteiger charge is -2.26. The van der Waals surface area contributed by atoms with Crippen molar-refractivity contribution in [3.05, 3.63) is 23.0 Å². The van der Waals surface area contributed by atoms with Crippen molar-refractivity contribution in [1.29, 1.82) is 0 Å². The Balaban J connectivity index is 2.84. The minimum Gasteiger partial charge on any atom is -0.394 e. The third-order valence-corrected chi connectivity index (χ3v) is 2.52. The first kappa shape index (κ1) is 13.0. The first-order valence-corrected chi connectivity index (χ1v) is 5.16. The average Bonchev–Trinajstić information content (AvgIpc) is 2.57. The van der Waals surface area contributed by atoms with E-state index in [1.54, 1.807) is 24.7 Å². The molecule has 0 atom stereocenters. The highest BCUT2D eigenvalue weighted by molar-refractivity contribution is 6.31. The molecule has 1 aromatic heterocycles. The number of aliphatic hydroxyl groups is 2. The molecule has 0 saturated heterocycles. The van der Waals surface area contributed by atoms with E-state index in [1.165, 1.54) is 6.07 Å². The number of hydrogen-bond acceptors (Lipinski definition) is 3. The summed E-state index contributed by atoms with van der Waals surface area (Å²) in [5, 5.41) is 21.1. The third-order valence-electron chi connectivity index (χ3n) is 2.32. The average molecular weight is 247 g/mol. The van der Waals surface area contributed by atoms with Gasteiger partial charge in [-0.3, -0.25) is 4.79 Å². The van der Waals surface area contributed by atoms with Crippen LogP contribution in [-0.4, -0.2) is 39.4 Å². The summed E-state index contributed by atoms with van der Waals surface area (Å²) in [7, 11) is 1.69. The summed E-state index contributed by atoms with van der Waals surface area (Å²) >= 11 is 5.75. The van der Waals surface area contributed by atoms with Gasteiger partial charge >= 0.3 is 0 Å². The van der Waals surface area contributed by atoms with Crippen molar-refractivity contribution in [2.24, 2.45) is 7.05 Å². The Hall–Kier alpha value is -1.04. The maximum absolute atomic E-state index is 11.8. The predicted molar refractivity (Wildman–Crippen MR) is 60.5 cm³/mol. The SMILES string of the molecule is Cn1cc(Cl)cc1C(=O)NC(C)(CO)CO. The number of nitrogens with one attached hydrogen (secondary N) is 1. The van der Waals surface area contributed by atoms with Gasteiger partial charge in [0.15, 0.2) is 0 Å². The van der Waals surface area contributed by atoms with E-state index in [-0.39, 0.29) is 19.1 Å². The summed E-state index contributed by atoms with van der Waals surface area (Å²) in [5.74, 6) is -0.389. The number of aliphatic hydroxyl groups excluding tert-OH is 2. The monoisotopic (exact) mass is 246 g/mol. The molecule has 1 amide bonds. The molecule has 0 aromatic carbocycles. The molecule has 0 radical (unpaired) electrons. The smallest absolute Gasteiger partial charge is 0.268 e. The molecule has 3 N–H and O–H groups in total. The van der Waals surface area contributed by atoms with Crippen LogP contribution in [0.3, 0.4) is 0 Å². The molecule has 1 heterocycles. The summed E-state index contributed by atoms with van der Waals surface area (Å²) in [5.41, 5.74) is -0.661. The molecule has 0 spiro atoms. The van der Waals surface area contributed by atoms with Crippen LogP contribution in [-0.2, 0) is 7.05 Å². The minimum atomic E-state index is -1.03. The number of rotatable bonds is 4. The fraction of sp³-hybridized carbons (Fsp3) is 0.500. The Labute approximate surface area is 98.6 Å². The first-order chi connectivity index (χ1) is 7.41. The number of hydrogen-bond donors (Lipinski definition) is 3. The number of nitrogens with zero attached hydrogens (tertiary/aromatic N) is 1. The molecule has 0 fully saturated rings. The minimum absolute atomic E-state index is 0.340. The van der Waals surface area contributed by atoms with Gasteiger partial charge in [-0.05, 0) is 13.0 Å². The molecule has 16 heavy (non-hydrogen) atoms. The zero-order valence-electron chi connectivity index (χ0n) is 9.20. The van der Waals surface area contributed by atoms with E-state index in [2.05, 4.69) is 5.32 Å². The van der Waals surface area contributed by atoms with Crippen LogP contribution < -0.4 is 5.32 Å². The Morgan fingerprint density at radius 2 is 2.12 bits per heavy atom. The fourth-order valence-corrected chi connectivity index (χ4v) is 1.47.